The quantitative estimate of drug-likeness (QED) is 0.757. The summed E-state index contributed by atoms with van der Waals surface area (Å²) in [4.78, 5) is 0. The molecule has 1 heterocycles. The third kappa shape index (κ3) is 2.07. The Morgan fingerprint density at radius 1 is 1.43 bits per heavy atom. The van der Waals surface area contributed by atoms with Crippen molar-refractivity contribution in [3.63, 3.8) is 0 Å². The van der Waals surface area contributed by atoms with Crippen LogP contribution < -0.4 is 5.32 Å². The van der Waals surface area contributed by atoms with Gasteiger partial charge in [-0.25, -0.2) is 4.39 Å². The molecule has 1 aromatic rings. The molecule has 76 valence electrons. The molecule has 14 heavy (non-hydrogen) atoms. The molecule has 0 aliphatic carbocycles. The van der Waals surface area contributed by atoms with Gasteiger partial charge in [0.25, 0.3) is 0 Å². The molecule has 1 aliphatic rings. The van der Waals surface area contributed by atoms with Gasteiger partial charge < -0.3 is 5.32 Å². The van der Waals surface area contributed by atoms with Crippen molar-refractivity contribution in [2.24, 2.45) is 0 Å². The molecule has 1 fully saturated rings. The molecular formula is C11H13ClFN. The van der Waals surface area contributed by atoms with Gasteiger partial charge in [-0.05, 0) is 43.0 Å². The molecule has 0 amide bonds. The second-order valence-electron chi connectivity index (χ2n) is 3.72. The lowest BCUT2D eigenvalue weighted by Gasteiger charge is -2.23. The average Bonchev–Trinajstić information content (AvgIpc) is 2.23. The van der Waals surface area contributed by atoms with E-state index in [-0.39, 0.29) is 10.8 Å². The first-order valence-corrected chi connectivity index (χ1v) is 5.31. The highest BCUT2D eigenvalue weighted by Crippen LogP contribution is 2.26. The van der Waals surface area contributed by atoms with E-state index in [1.54, 1.807) is 6.07 Å². The smallest absolute Gasteiger partial charge is 0.141 e. The predicted molar refractivity (Wildman–Crippen MR) is 56.3 cm³/mol. The van der Waals surface area contributed by atoms with E-state index < -0.39 is 0 Å². The molecule has 1 atom stereocenters. The molecule has 1 nitrogen and oxygen atoms in total. The third-order valence-corrected chi connectivity index (χ3v) is 3.00. The summed E-state index contributed by atoms with van der Waals surface area (Å²) >= 11 is 5.74. The maximum atomic E-state index is 12.9. The summed E-state index contributed by atoms with van der Waals surface area (Å²) in [5, 5.41) is 3.56. The zero-order valence-corrected chi connectivity index (χ0v) is 8.65. The summed E-state index contributed by atoms with van der Waals surface area (Å²) in [5.41, 5.74) is 1.14. The summed E-state index contributed by atoms with van der Waals surface area (Å²) in [6.07, 6.45) is 2.34. The Bertz CT molecular complexity index is 321. The maximum absolute atomic E-state index is 12.9. The molecule has 3 heteroatoms. The van der Waals surface area contributed by atoms with E-state index in [0.717, 1.165) is 25.1 Å². The highest BCUT2D eigenvalue weighted by molar-refractivity contribution is 6.30. The second-order valence-corrected chi connectivity index (χ2v) is 4.12. The molecule has 0 unspecified atom stereocenters. The van der Waals surface area contributed by atoms with Crippen LogP contribution in [-0.4, -0.2) is 13.1 Å². The van der Waals surface area contributed by atoms with E-state index in [0.29, 0.717) is 5.92 Å². The van der Waals surface area contributed by atoms with Crippen LogP contribution in [0.25, 0.3) is 0 Å². The highest BCUT2D eigenvalue weighted by Gasteiger charge is 2.15. The van der Waals surface area contributed by atoms with Gasteiger partial charge in [-0.3, -0.25) is 0 Å². The molecule has 2 rings (SSSR count). The number of rotatable bonds is 1. The SMILES string of the molecule is Fc1ccc([C@H]2CCCNC2)cc1Cl. The second kappa shape index (κ2) is 4.28. The molecule has 0 bridgehead atoms. The number of benzene rings is 1. The lowest BCUT2D eigenvalue weighted by Crippen LogP contribution is -2.28. The minimum absolute atomic E-state index is 0.230. The summed E-state index contributed by atoms with van der Waals surface area (Å²) in [6, 6.07) is 5.03. The fourth-order valence-corrected chi connectivity index (χ4v) is 2.09. The summed E-state index contributed by atoms with van der Waals surface area (Å²) in [5.74, 6) is 0.154. The van der Waals surface area contributed by atoms with Crippen LogP contribution in [0.5, 0.6) is 0 Å². The summed E-state index contributed by atoms with van der Waals surface area (Å²) in [6.45, 7) is 2.06. The predicted octanol–water partition coefficient (Wildman–Crippen LogP) is 2.95. The van der Waals surface area contributed by atoms with Gasteiger partial charge in [0.15, 0.2) is 0 Å². The van der Waals surface area contributed by atoms with Crippen molar-refractivity contribution < 1.29 is 4.39 Å². The van der Waals surface area contributed by atoms with Crippen LogP contribution in [-0.2, 0) is 0 Å². The van der Waals surface area contributed by atoms with Crippen molar-refractivity contribution in [3.8, 4) is 0 Å². The molecule has 0 saturated carbocycles. The zero-order valence-electron chi connectivity index (χ0n) is 7.89. The van der Waals surface area contributed by atoms with Gasteiger partial charge in [-0.1, -0.05) is 17.7 Å². The zero-order chi connectivity index (χ0) is 9.97. The van der Waals surface area contributed by atoms with Crippen LogP contribution in [0, 0.1) is 5.82 Å². The van der Waals surface area contributed by atoms with Crippen LogP contribution in [0.2, 0.25) is 5.02 Å². The van der Waals surface area contributed by atoms with Gasteiger partial charge in [-0.2, -0.15) is 0 Å². The van der Waals surface area contributed by atoms with Crippen molar-refractivity contribution in [2.75, 3.05) is 13.1 Å². The molecule has 1 saturated heterocycles. The normalized spacial score (nSPS) is 22.3. The van der Waals surface area contributed by atoms with Crippen LogP contribution in [0.3, 0.4) is 0 Å². The van der Waals surface area contributed by atoms with Gasteiger partial charge in [0.05, 0.1) is 5.02 Å². The Morgan fingerprint density at radius 2 is 2.29 bits per heavy atom. The van der Waals surface area contributed by atoms with E-state index in [1.165, 1.54) is 12.5 Å². The lowest BCUT2D eigenvalue weighted by molar-refractivity contribution is 0.461. The van der Waals surface area contributed by atoms with Crippen LogP contribution in [0.4, 0.5) is 4.39 Å². The fraction of sp³-hybridized carbons (Fsp3) is 0.455. The van der Waals surface area contributed by atoms with Crippen LogP contribution in [0.1, 0.15) is 24.3 Å². The van der Waals surface area contributed by atoms with E-state index >= 15 is 0 Å². The highest BCUT2D eigenvalue weighted by atomic mass is 35.5. The van der Waals surface area contributed by atoms with Crippen molar-refractivity contribution in [1.29, 1.82) is 0 Å². The maximum Gasteiger partial charge on any atom is 0.141 e. The Balaban J connectivity index is 2.18. The van der Waals surface area contributed by atoms with Crippen molar-refractivity contribution in [2.45, 2.75) is 18.8 Å². The summed E-state index contributed by atoms with van der Waals surface area (Å²) < 4.78 is 12.9. The molecule has 1 aliphatic heterocycles. The Hall–Kier alpha value is -0.600. The standard InChI is InChI=1S/C11H13ClFN/c12-10-6-8(3-4-11(10)13)9-2-1-5-14-7-9/h3-4,6,9,14H,1-2,5,7H2/t9-/m0/s1. The van der Waals surface area contributed by atoms with Crippen LogP contribution in [0.15, 0.2) is 18.2 Å². The molecule has 1 N–H and O–H groups in total. The van der Waals surface area contributed by atoms with Gasteiger partial charge >= 0.3 is 0 Å². The van der Waals surface area contributed by atoms with E-state index in [2.05, 4.69) is 5.32 Å². The number of nitrogens with one attached hydrogen (secondary N) is 1. The lowest BCUT2D eigenvalue weighted by atomic mass is 9.92. The first kappa shape index (κ1) is 9.94. The first-order valence-electron chi connectivity index (χ1n) is 4.93. The number of piperidine rings is 1. The number of hydrogen-bond acceptors (Lipinski definition) is 1. The number of hydrogen-bond donors (Lipinski definition) is 1. The monoisotopic (exact) mass is 213 g/mol. The Labute approximate surface area is 88.3 Å². The van der Waals surface area contributed by atoms with E-state index in [1.807, 2.05) is 6.07 Å². The minimum Gasteiger partial charge on any atom is -0.316 e. The minimum atomic E-state index is -0.334. The molecule has 1 aromatic carbocycles. The van der Waals surface area contributed by atoms with Gasteiger partial charge in [0.1, 0.15) is 5.82 Å². The summed E-state index contributed by atoms with van der Waals surface area (Å²) in [7, 11) is 0. The topological polar surface area (TPSA) is 12.0 Å². The Morgan fingerprint density at radius 3 is 2.93 bits per heavy atom. The van der Waals surface area contributed by atoms with Crippen molar-refractivity contribution >= 4 is 11.6 Å². The number of halogens is 2. The van der Waals surface area contributed by atoms with Gasteiger partial charge in [0, 0.05) is 6.54 Å². The van der Waals surface area contributed by atoms with Crippen molar-refractivity contribution in [3.05, 3.63) is 34.6 Å². The van der Waals surface area contributed by atoms with E-state index in [9.17, 15) is 4.39 Å². The van der Waals surface area contributed by atoms with Gasteiger partial charge in [-0.15, -0.1) is 0 Å². The average molecular weight is 214 g/mol. The van der Waals surface area contributed by atoms with E-state index in [4.69, 9.17) is 11.6 Å². The molecular weight excluding hydrogens is 201 g/mol. The first-order chi connectivity index (χ1) is 6.77. The van der Waals surface area contributed by atoms with Crippen molar-refractivity contribution in [1.82, 2.24) is 5.32 Å². The third-order valence-electron chi connectivity index (χ3n) is 2.71. The van der Waals surface area contributed by atoms with Gasteiger partial charge in [0.2, 0.25) is 0 Å². The largest absolute Gasteiger partial charge is 0.316 e. The molecule has 0 aromatic heterocycles. The fourth-order valence-electron chi connectivity index (χ4n) is 1.90. The molecule has 0 spiro atoms. The molecule has 0 radical (unpaired) electrons. The van der Waals surface area contributed by atoms with Crippen LogP contribution >= 0.6 is 11.6 Å². The Kier molecular flexibility index (Phi) is 3.04.